The number of hydrogen-bond donors (Lipinski definition) is 1. The summed E-state index contributed by atoms with van der Waals surface area (Å²) in [6, 6.07) is 17.4. The third-order valence-corrected chi connectivity index (χ3v) is 6.74. The number of ether oxygens (including phenoxy) is 1. The van der Waals surface area contributed by atoms with Gasteiger partial charge in [-0.15, -0.1) is 0 Å². The first kappa shape index (κ1) is 23.0. The van der Waals surface area contributed by atoms with Gasteiger partial charge in [-0.3, -0.25) is 14.5 Å². The van der Waals surface area contributed by atoms with E-state index in [2.05, 4.69) is 5.32 Å². The zero-order chi connectivity index (χ0) is 23.2. The van der Waals surface area contributed by atoms with Gasteiger partial charge in [0.15, 0.2) is 12.4 Å². The Morgan fingerprint density at radius 3 is 2.30 bits per heavy atom. The minimum atomic E-state index is -0.890. The van der Waals surface area contributed by atoms with E-state index in [0.29, 0.717) is 12.2 Å². The average Bonchev–Trinajstić information content (AvgIpc) is 3.38. The van der Waals surface area contributed by atoms with Crippen molar-refractivity contribution in [2.24, 2.45) is 0 Å². The molecule has 0 aliphatic carbocycles. The topological polar surface area (TPSA) is 88.9 Å². The molecular formula is C24H22N2O5S2. The number of carbonyl (C=O) groups excluding carboxylic acids is 3. The predicted octanol–water partition coefficient (Wildman–Crippen LogP) is 4.50. The first-order valence-electron chi connectivity index (χ1n) is 10.3. The van der Waals surface area contributed by atoms with Gasteiger partial charge in [0.1, 0.15) is 6.04 Å². The Bertz CT molecular complexity index is 1100. The summed E-state index contributed by atoms with van der Waals surface area (Å²) < 4.78 is 10.5. The van der Waals surface area contributed by atoms with E-state index in [1.807, 2.05) is 54.8 Å². The molecule has 2 aromatic carbocycles. The number of hydrogen-bond acceptors (Lipinski definition) is 7. The summed E-state index contributed by atoms with van der Waals surface area (Å²) in [6.07, 6.45) is 3.66. The van der Waals surface area contributed by atoms with Crippen LogP contribution in [0.15, 0.2) is 81.1 Å². The number of esters is 1. The van der Waals surface area contributed by atoms with E-state index < -0.39 is 24.5 Å². The van der Waals surface area contributed by atoms with Gasteiger partial charge >= 0.3 is 5.97 Å². The van der Waals surface area contributed by atoms with Crippen LogP contribution in [-0.2, 0) is 14.3 Å². The fourth-order valence-corrected chi connectivity index (χ4v) is 4.92. The van der Waals surface area contributed by atoms with Crippen molar-refractivity contribution in [3.63, 3.8) is 0 Å². The van der Waals surface area contributed by atoms with E-state index in [1.54, 1.807) is 34.5 Å². The number of anilines is 2. The van der Waals surface area contributed by atoms with Crippen LogP contribution in [0.4, 0.5) is 11.4 Å². The monoisotopic (exact) mass is 482 g/mol. The third kappa shape index (κ3) is 5.26. The molecular weight excluding hydrogens is 460 g/mol. The quantitative estimate of drug-likeness (QED) is 0.473. The molecule has 0 fully saturated rings. The summed E-state index contributed by atoms with van der Waals surface area (Å²) in [4.78, 5) is 41.8. The summed E-state index contributed by atoms with van der Waals surface area (Å²) in [5.41, 5.74) is 1.49. The van der Waals surface area contributed by atoms with Crippen molar-refractivity contribution >= 4 is 52.7 Å². The van der Waals surface area contributed by atoms with Gasteiger partial charge in [0, 0.05) is 9.79 Å². The molecule has 3 aromatic rings. The van der Waals surface area contributed by atoms with Gasteiger partial charge in [0.25, 0.3) is 11.8 Å². The first-order chi connectivity index (χ1) is 16.1. The maximum atomic E-state index is 13.2. The van der Waals surface area contributed by atoms with Crippen LogP contribution in [0.25, 0.3) is 0 Å². The van der Waals surface area contributed by atoms with Crippen LogP contribution >= 0.6 is 23.5 Å². The highest BCUT2D eigenvalue weighted by Crippen LogP contribution is 2.47. The van der Waals surface area contributed by atoms with E-state index in [1.165, 1.54) is 12.3 Å². The highest BCUT2D eigenvalue weighted by atomic mass is 32.2. The zero-order valence-electron chi connectivity index (χ0n) is 17.9. The van der Waals surface area contributed by atoms with Gasteiger partial charge in [-0.2, -0.15) is 11.8 Å². The third-order valence-electron chi connectivity index (χ3n) is 4.96. The summed E-state index contributed by atoms with van der Waals surface area (Å²) in [6.45, 7) is -0.446. The molecule has 9 heteroatoms. The summed E-state index contributed by atoms with van der Waals surface area (Å²) >= 11 is 3.13. The van der Waals surface area contributed by atoms with Crippen molar-refractivity contribution in [3.8, 4) is 0 Å². The molecule has 7 nitrogen and oxygen atoms in total. The average molecular weight is 483 g/mol. The minimum Gasteiger partial charge on any atom is -0.459 e. The molecule has 2 amide bonds. The van der Waals surface area contributed by atoms with E-state index >= 15 is 0 Å². The van der Waals surface area contributed by atoms with Crippen LogP contribution in [0.5, 0.6) is 0 Å². The van der Waals surface area contributed by atoms with Crippen molar-refractivity contribution in [1.82, 2.24) is 5.32 Å². The van der Waals surface area contributed by atoms with Crippen LogP contribution in [0.2, 0.25) is 0 Å². The SMILES string of the molecule is CSCC[C@@H](NC(=O)c1ccco1)C(=O)OCC(=O)N1c2ccccc2Sc2ccccc21. The highest BCUT2D eigenvalue weighted by Gasteiger charge is 2.30. The molecule has 1 aliphatic rings. The molecule has 4 rings (SSSR count). The molecule has 0 spiro atoms. The van der Waals surface area contributed by atoms with Crippen molar-refractivity contribution in [2.75, 3.05) is 23.5 Å². The normalized spacial score (nSPS) is 12.9. The zero-order valence-corrected chi connectivity index (χ0v) is 19.5. The Morgan fingerprint density at radius 1 is 1.03 bits per heavy atom. The number of thioether (sulfide) groups is 1. The number of furan rings is 1. The number of carbonyl (C=O) groups is 3. The predicted molar refractivity (Wildman–Crippen MR) is 128 cm³/mol. The largest absolute Gasteiger partial charge is 0.459 e. The molecule has 1 atom stereocenters. The number of benzene rings is 2. The van der Waals surface area contributed by atoms with E-state index in [9.17, 15) is 14.4 Å². The van der Waals surface area contributed by atoms with Crippen LogP contribution in [0.3, 0.4) is 0 Å². The molecule has 170 valence electrons. The lowest BCUT2D eigenvalue weighted by molar-refractivity contribution is -0.149. The maximum absolute atomic E-state index is 13.2. The Labute approximate surface area is 199 Å². The molecule has 1 N–H and O–H groups in total. The van der Waals surface area contributed by atoms with Gasteiger partial charge in [0.05, 0.1) is 17.6 Å². The number of nitrogens with one attached hydrogen (secondary N) is 1. The number of para-hydroxylation sites is 2. The van der Waals surface area contributed by atoms with Gasteiger partial charge in [-0.1, -0.05) is 36.0 Å². The van der Waals surface area contributed by atoms with E-state index in [4.69, 9.17) is 9.15 Å². The van der Waals surface area contributed by atoms with Gasteiger partial charge < -0.3 is 14.5 Å². The Balaban J connectivity index is 1.47. The Hall–Kier alpha value is -3.17. The van der Waals surface area contributed by atoms with Crippen LogP contribution in [0, 0.1) is 0 Å². The molecule has 0 unspecified atom stereocenters. The number of amides is 2. The fourth-order valence-electron chi connectivity index (χ4n) is 3.39. The molecule has 1 aliphatic heterocycles. The second-order valence-electron chi connectivity index (χ2n) is 7.16. The second-order valence-corrected chi connectivity index (χ2v) is 9.23. The van der Waals surface area contributed by atoms with E-state index in [0.717, 1.165) is 21.2 Å². The number of rotatable bonds is 8. The van der Waals surface area contributed by atoms with Gasteiger partial charge in [-0.25, -0.2) is 4.79 Å². The van der Waals surface area contributed by atoms with Crippen LogP contribution < -0.4 is 10.2 Å². The second kappa shape index (κ2) is 10.6. The Kier molecular flexibility index (Phi) is 7.41. The van der Waals surface area contributed by atoms with E-state index in [-0.39, 0.29) is 11.7 Å². The lowest BCUT2D eigenvalue weighted by Gasteiger charge is -2.31. The standard InChI is InChI=1S/C24H22N2O5S2/c1-32-14-12-16(25-23(28)19-9-6-13-30-19)24(29)31-15-22(27)26-17-7-2-4-10-20(17)33-21-11-5-3-8-18(21)26/h2-11,13,16H,12,14-15H2,1H3,(H,25,28)/t16-/m1/s1. The lowest BCUT2D eigenvalue weighted by Crippen LogP contribution is -2.43. The van der Waals surface area contributed by atoms with Crippen LogP contribution in [-0.4, -0.2) is 42.4 Å². The van der Waals surface area contributed by atoms with Crippen molar-refractivity contribution in [3.05, 3.63) is 72.7 Å². The van der Waals surface area contributed by atoms with Gasteiger partial charge in [-0.05, 0) is 54.8 Å². The first-order valence-corrected chi connectivity index (χ1v) is 12.5. The molecule has 0 bridgehead atoms. The van der Waals surface area contributed by atoms with Crippen molar-refractivity contribution in [2.45, 2.75) is 22.3 Å². The Morgan fingerprint density at radius 2 is 1.70 bits per heavy atom. The summed E-state index contributed by atoms with van der Waals surface area (Å²) in [5, 5.41) is 2.64. The van der Waals surface area contributed by atoms with Crippen molar-refractivity contribution in [1.29, 1.82) is 0 Å². The minimum absolute atomic E-state index is 0.104. The molecule has 0 saturated carbocycles. The molecule has 0 saturated heterocycles. The molecule has 2 heterocycles. The number of nitrogens with zero attached hydrogens (tertiary/aromatic N) is 1. The molecule has 1 aromatic heterocycles. The summed E-state index contributed by atoms with van der Waals surface area (Å²) in [7, 11) is 0. The van der Waals surface area contributed by atoms with Gasteiger partial charge in [0.2, 0.25) is 0 Å². The smallest absolute Gasteiger partial charge is 0.329 e. The van der Waals surface area contributed by atoms with Crippen LogP contribution in [0.1, 0.15) is 17.0 Å². The molecule has 0 radical (unpaired) electrons. The highest BCUT2D eigenvalue weighted by molar-refractivity contribution is 7.99. The fraction of sp³-hybridized carbons (Fsp3) is 0.208. The lowest BCUT2D eigenvalue weighted by atomic mass is 10.2. The maximum Gasteiger partial charge on any atom is 0.329 e. The number of fused-ring (bicyclic) bond motifs is 2. The van der Waals surface area contributed by atoms with Crippen molar-refractivity contribution < 1.29 is 23.5 Å². The molecule has 33 heavy (non-hydrogen) atoms. The summed E-state index contributed by atoms with van der Waals surface area (Å²) in [5.74, 6) is -0.803.